The highest BCUT2D eigenvalue weighted by Crippen LogP contribution is 2.22. The molecule has 162 valence electrons. The van der Waals surface area contributed by atoms with Gasteiger partial charge in [0.15, 0.2) is 6.10 Å². The first-order valence-electron chi connectivity index (χ1n) is 10.0. The van der Waals surface area contributed by atoms with Gasteiger partial charge in [0.25, 0.3) is 0 Å². The number of carbonyl (C=O) groups excluding carboxylic acids is 3. The van der Waals surface area contributed by atoms with Crippen LogP contribution in [0.4, 0.5) is 0 Å². The average molecular weight is 423 g/mol. The molecule has 0 saturated heterocycles. The van der Waals surface area contributed by atoms with Gasteiger partial charge in [0.2, 0.25) is 5.78 Å². The van der Waals surface area contributed by atoms with Gasteiger partial charge in [-0.25, -0.2) is 19.6 Å². The molecule has 8 heteroatoms. The Bertz CT molecular complexity index is 1200. The molecule has 0 saturated carbocycles. The van der Waals surface area contributed by atoms with Crippen LogP contribution < -0.4 is 0 Å². The Hall–Kier alpha value is -3.55. The molecule has 0 radical (unpaired) electrons. The molecule has 8 nitrogen and oxygen atoms in total. The van der Waals surface area contributed by atoms with Crippen LogP contribution in [0.15, 0.2) is 18.2 Å². The topological polar surface area (TPSA) is 111 Å². The fourth-order valence-electron chi connectivity index (χ4n) is 3.35. The zero-order valence-electron chi connectivity index (χ0n) is 18.5. The minimum absolute atomic E-state index is 0.219. The van der Waals surface area contributed by atoms with E-state index >= 15 is 0 Å². The van der Waals surface area contributed by atoms with Crippen molar-refractivity contribution >= 4 is 28.8 Å². The molecule has 3 aromatic rings. The lowest BCUT2D eigenvalue weighted by molar-refractivity contribution is 0.0316. The molecular weight excluding hydrogens is 398 g/mol. The lowest BCUT2D eigenvalue weighted by atomic mass is 10.1. The largest absolute Gasteiger partial charge is 0.462 e. The number of aryl methyl sites for hydroxylation is 3. The summed E-state index contributed by atoms with van der Waals surface area (Å²) in [4.78, 5) is 49.5. The second-order valence-electron chi connectivity index (χ2n) is 7.36. The minimum Gasteiger partial charge on any atom is -0.462 e. The van der Waals surface area contributed by atoms with E-state index in [1.54, 1.807) is 39.0 Å². The van der Waals surface area contributed by atoms with E-state index in [2.05, 4.69) is 15.0 Å². The lowest BCUT2D eigenvalue weighted by Crippen LogP contribution is -2.25. The molecule has 1 aromatic carbocycles. The van der Waals surface area contributed by atoms with Crippen molar-refractivity contribution in [2.45, 2.75) is 47.6 Å². The Morgan fingerprint density at radius 3 is 2.29 bits per heavy atom. The van der Waals surface area contributed by atoms with Crippen LogP contribution in [0, 0.1) is 27.7 Å². The zero-order valence-corrected chi connectivity index (χ0v) is 18.5. The molecule has 3 rings (SSSR count). The highest BCUT2D eigenvalue weighted by Gasteiger charge is 2.28. The number of hydrogen-bond donors (Lipinski definition) is 1. The second-order valence-corrected chi connectivity index (χ2v) is 7.36. The number of rotatable bonds is 6. The number of ketones is 1. The summed E-state index contributed by atoms with van der Waals surface area (Å²) >= 11 is 0. The number of benzene rings is 1. The smallest absolute Gasteiger partial charge is 0.340 e. The van der Waals surface area contributed by atoms with Crippen molar-refractivity contribution in [1.82, 2.24) is 15.0 Å². The molecule has 31 heavy (non-hydrogen) atoms. The van der Waals surface area contributed by atoms with E-state index in [4.69, 9.17) is 9.47 Å². The number of H-pyrrole nitrogens is 1. The summed E-state index contributed by atoms with van der Waals surface area (Å²) in [5.74, 6) is -1.58. The van der Waals surface area contributed by atoms with Crippen molar-refractivity contribution in [3.63, 3.8) is 0 Å². The normalized spacial score (nSPS) is 11.9. The molecule has 0 aliphatic rings. The fourth-order valence-corrected chi connectivity index (χ4v) is 3.35. The van der Waals surface area contributed by atoms with Crippen LogP contribution in [0.2, 0.25) is 0 Å². The van der Waals surface area contributed by atoms with Gasteiger partial charge in [0.1, 0.15) is 0 Å². The van der Waals surface area contributed by atoms with Crippen LogP contribution >= 0.6 is 0 Å². The summed E-state index contributed by atoms with van der Waals surface area (Å²) in [5.41, 5.74) is 4.65. The Labute approximate surface area is 180 Å². The Balaban J connectivity index is 1.80. The first-order valence-corrected chi connectivity index (χ1v) is 10.0. The van der Waals surface area contributed by atoms with E-state index in [0.29, 0.717) is 27.9 Å². The molecule has 1 atom stereocenters. The lowest BCUT2D eigenvalue weighted by Gasteiger charge is -2.13. The molecule has 0 spiro atoms. The van der Waals surface area contributed by atoms with E-state index in [0.717, 1.165) is 11.4 Å². The SMILES string of the molecule is CCOC(=O)c1c(C)[nH]c(C(=O)[C@@H](C)OC(=O)c2ccc3nc(C)c(C)nc3c2)c1C. The van der Waals surface area contributed by atoms with Gasteiger partial charge >= 0.3 is 11.9 Å². The van der Waals surface area contributed by atoms with Gasteiger partial charge in [-0.05, 0) is 65.3 Å². The molecule has 0 unspecified atom stereocenters. The van der Waals surface area contributed by atoms with Gasteiger partial charge in [-0.3, -0.25) is 4.79 Å². The molecular formula is C23H25N3O5. The van der Waals surface area contributed by atoms with Crippen molar-refractivity contribution in [3.05, 3.63) is 57.7 Å². The van der Waals surface area contributed by atoms with E-state index < -0.39 is 23.8 Å². The summed E-state index contributed by atoms with van der Waals surface area (Å²) < 4.78 is 10.4. The molecule has 0 aliphatic carbocycles. The van der Waals surface area contributed by atoms with Crippen LogP contribution in [-0.2, 0) is 9.47 Å². The van der Waals surface area contributed by atoms with Crippen LogP contribution in [-0.4, -0.2) is 45.4 Å². The van der Waals surface area contributed by atoms with Crippen molar-refractivity contribution in [3.8, 4) is 0 Å². The number of aromatic nitrogens is 3. The Morgan fingerprint density at radius 1 is 1.00 bits per heavy atom. The molecule has 0 amide bonds. The van der Waals surface area contributed by atoms with E-state index in [1.807, 2.05) is 13.8 Å². The van der Waals surface area contributed by atoms with Crippen molar-refractivity contribution in [2.24, 2.45) is 0 Å². The van der Waals surface area contributed by atoms with E-state index in [-0.39, 0.29) is 17.9 Å². The van der Waals surface area contributed by atoms with Crippen molar-refractivity contribution < 1.29 is 23.9 Å². The Kier molecular flexibility index (Phi) is 6.19. The summed E-state index contributed by atoms with van der Waals surface area (Å²) in [7, 11) is 0. The number of ether oxygens (including phenoxy) is 2. The molecule has 2 heterocycles. The first-order chi connectivity index (χ1) is 14.6. The molecule has 0 bridgehead atoms. The van der Waals surface area contributed by atoms with Crippen molar-refractivity contribution in [1.29, 1.82) is 0 Å². The number of Topliss-reactive ketones (excluding diaryl/α,β-unsaturated/α-hetero) is 1. The monoisotopic (exact) mass is 423 g/mol. The van der Waals surface area contributed by atoms with Crippen LogP contribution in [0.1, 0.15) is 67.7 Å². The van der Waals surface area contributed by atoms with Crippen LogP contribution in [0.5, 0.6) is 0 Å². The predicted octanol–water partition coefficient (Wildman–Crippen LogP) is 3.80. The van der Waals surface area contributed by atoms with Crippen molar-refractivity contribution in [2.75, 3.05) is 6.61 Å². The van der Waals surface area contributed by atoms with Gasteiger partial charge < -0.3 is 14.5 Å². The standard InChI is InChI=1S/C23H25N3O5/c1-7-30-23(29)19-11(2)20(26-14(19)5)21(27)15(6)31-22(28)16-8-9-17-18(10-16)25-13(4)12(3)24-17/h8-10,15,26H,7H2,1-6H3/t15-/m1/s1. The number of aromatic amines is 1. The van der Waals surface area contributed by atoms with Gasteiger partial charge in [-0.15, -0.1) is 0 Å². The fraction of sp³-hybridized carbons (Fsp3) is 0.348. The predicted molar refractivity (Wildman–Crippen MR) is 114 cm³/mol. The molecule has 2 aromatic heterocycles. The van der Waals surface area contributed by atoms with E-state index in [1.165, 1.54) is 6.92 Å². The summed E-state index contributed by atoms with van der Waals surface area (Å²) in [6, 6.07) is 4.88. The maximum atomic E-state index is 12.9. The summed E-state index contributed by atoms with van der Waals surface area (Å²) in [6.07, 6.45) is -1.05. The van der Waals surface area contributed by atoms with Gasteiger partial charge in [0, 0.05) is 5.69 Å². The zero-order chi connectivity index (χ0) is 22.9. The number of esters is 2. The molecule has 1 N–H and O–H groups in total. The third-order valence-electron chi connectivity index (χ3n) is 5.13. The third kappa shape index (κ3) is 4.33. The summed E-state index contributed by atoms with van der Waals surface area (Å²) in [5, 5.41) is 0. The average Bonchev–Trinajstić information content (AvgIpc) is 3.02. The quantitative estimate of drug-likeness (QED) is 0.474. The highest BCUT2D eigenvalue weighted by molar-refractivity contribution is 6.04. The minimum atomic E-state index is -1.05. The van der Waals surface area contributed by atoms with E-state index in [9.17, 15) is 14.4 Å². The Morgan fingerprint density at radius 2 is 1.65 bits per heavy atom. The van der Waals surface area contributed by atoms with Gasteiger partial charge in [0.05, 0.1) is 45.8 Å². The van der Waals surface area contributed by atoms with Crippen LogP contribution in [0.3, 0.4) is 0 Å². The third-order valence-corrected chi connectivity index (χ3v) is 5.13. The van der Waals surface area contributed by atoms with Crippen LogP contribution in [0.25, 0.3) is 11.0 Å². The summed E-state index contributed by atoms with van der Waals surface area (Å²) in [6.45, 7) is 10.5. The number of carbonyl (C=O) groups is 3. The van der Waals surface area contributed by atoms with Gasteiger partial charge in [-0.1, -0.05) is 0 Å². The maximum Gasteiger partial charge on any atom is 0.340 e. The maximum absolute atomic E-state index is 12.9. The highest BCUT2D eigenvalue weighted by atomic mass is 16.5. The first kappa shape index (κ1) is 22.1. The second kappa shape index (κ2) is 8.67. The van der Waals surface area contributed by atoms with Gasteiger partial charge in [-0.2, -0.15) is 0 Å². The number of nitrogens with one attached hydrogen (secondary N) is 1. The molecule has 0 fully saturated rings. The number of fused-ring (bicyclic) bond motifs is 1. The number of nitrogens with zero attached hydrogens (tertiary/aromatic N) is 2. The number of hydrogen-bond acceptors (Lipinski definition) is 7. The molecule has 0 aliphatic heterocycles.